The van der Waals surface area contributed by atoms with Crippen LogP contribution in [0.25, 0.3) is 0 Å². The molecule has 1 saturated carbocycles. The summed E-state index contributed by atoms with van der Waals surface area (Å²) in [7, 11) is 0. The predicted octanol–water partition coefficient (Wildman–Crippen LogP) is 4.24. The maximum absolute atomic E-state index is 12.4. The van der Waals surface area contributed by atoms with E-state index in [1.54, 1.807) is 6.92 Å². The molecule has 2 aliphatic rings. The third kappa shape index (κ3) is 3.32. The van der Waals surface area contributed by atoms with Crippen molar-refractivity contribution < 1.29 is 15.0 Å². The van der Waals surface area contributed by atoms with Gasteiger partial charge in [0.15, 0.2) is 0 Å². The van der Waals surface area contributed by atoms with Crippen molar-refractivity contribution in [2.75, 3.05) is 5.88 Å². The summed E-state index contributed by atoms with van der Waals surface area (Å²) < 4.78 is 0. The van der Waals surface area contributed by atoms with E-state index in [1.807, 2.05) is 0 Å². The summed E-state index contributed by atoms with van der Waals surface area (Å²) in [5.74, 6) is 0.771. The molecule has 1 fully saturated rings. The summed E-state index contributed by atoms with van der Waals surface area (Å²) in [6.45, 7) is 10.3. The Balaban J connectivity index is 2.27. The van der Waals surface area contributed by atoms with Gasteiger partial charge in [-0.05, 0) is 57.3 Å². The minimum Gasteiger partial charge on any atom is -0.389 e. The Morgan fingerprint density at radius 2 is 1.96 bits per heavy atom. The number of carbonyl (C=O) groups excluding carboxylic acids is 1. The minimum atomic E-state index is -1.18. The number of alkyl halides is 1. The summed E-state index contributed by atoms with van der Waals surface area (Å²) >= 11 is 5.72. The Kier molecular flexibility index (Phi) is 5.60. The highest BCUT2D eigenvalue weighted by atomic mass is 35.5. The fourth-order valence-corrected chi connectivity index (χ4v) is 5.44. The topological polar surface area (TPSA) is 57.5 Å². The monoisotopic (exact) mass is 356 g/mol. The van der Waals surface area contributed by atoms with Crippen LogP contribution in [0.1, 0.15) is 73.1 Å². The van der Waals surface area contributed by atoms with Gasteiger partial charge in [-0.2, -0.15) is 0 Å². The fourth-order valence-electron chi connectivity index (χ4n) is 5.11. The van der Waals surface area contributed by atoms with Gasteiger partial charge in [-0.1, -0.05) is 31.9 Å². The van der Waals surface area contributed by atoms with Crippen LogP contribution in [-0.4, -0.2) is 33.6 Å². The Bertz CT molecular complexity index is 535. The highest BCUT2D eigenvalue weighted by Gasteiger charge is 2.53. The van der Waals surface area contributed by atoms with Crippen molar-refractivity contribution >= 4 is 17.4 Å². The molecule has 4 heteroatoms. The number of carbonyl (C=O) groups is 1. The summed E-state index contributed by atoms with van der Waals surface area (Å²) in [6, 6.07) is 0. The smallest absolute Gasteiger partial charge is 0.138 e. The lowest BCUT2D eigenvalue weighted by Gasteiger charge is -2.54. The van der Waals surface area contributed by atoms with Crippen LogP contribution in [0.5, 0.6) is 0 Å². The van der Waals surface area contributed by atoms with Crippen molar-refractivity contribution in [3.05, 3.63) is 11.1 Å². The molecule has 0 amide bonds. The van der Waals surface area contributed by atoms with Crippen molar-refractivity contribution in [2.24, 2.45) is 16.7 Å². The first-order chi connectivity index (χ1) is 11.0. The number of fused-ring (bicyclic) bond motifs is 1. The van der Waals surface area contributed by atoms with Gasteiger partial charge in [-0.25, -0.2) is 0 Å². The van der Waals surface area contributed by atoms with Crippen molar-refractivity contribution in [1.82, 2.24) is 0 Å². The Morgan fingerprint density at radius 3 is 2.54 bits per heavy atom. The molecule has 0 heterocycles. The van der Waals surface area contributed by atoms with Crippen molar-refractivity contribution in [2.45, 2.75) is 84.8 Å². The van der Waals surface area contributed by atoms with Crippen LogP contribution in [0.3, 0.4) is 0 Å². The standard InChI is InChI=1S/C20H33ClO3/c1-13-6-7-15-18(2,3)16(22)9-10-19(15,4)14(13)8-11-20(5,24)17(23)12-21/h15,17,23-24H,6-12H2,1-5H3/t15-,17?,19+,20+/m1/s1. The Labute approximate surface area is 151 Å². The number of rotatable bonds is 5. The molecule has 1 unspecified atom stereocenters. The Morgan fingerprint density at radius 1 is 1.33 bits per heavy atom. The van der Waals surface area contributed by atoms with Crippen LogP contribution < -0.4 is 0 Å². The van der Waals surface area contributed by atoms with E-state index in [0.29, 0.717) is 24.5 Å². The van der Waals surface area contributed by atoms with Gasteiger partial charge in [-0.15, -0.1) is 11.6 Å². The van der Waals surface area contributed by atoms with E-state index < -0.39 is 11.7 Å². The highest BCUT2D eigenvalue weighted by molar-refractivity contribution is 6.18. The summed E-state index contributed by atoms with van der Waals surface area (Å²) in [5, 5.41) is 20.5. The fraction of sp³-hybridized carbons (Fsp3) is 0.850. The average Bonchev–Trinajstić information content (AvgIpc) is 2.49. The summed E-state index contributed by atoms with van der Waals surface area (Å²) in [4.78, 5) is 12.4. The second kappa shape index (κ2) is 6.74. The lowest BCUT2D eigenvalue weighted by Crippen LogP contribution is -2.50. The second-order valence-corrected chi connectivity index (χ2v) is 9.25. The minimum absolute atomic E-state index is 0.0156. The molecule has 0 radical (unpaired) electrons. The van der Waals surface area contributed by atoms with Crippen LogP contribution in [0.2, 0.25) is 0 Å². The molecular formula is C20H33ClO3. The highest BCUT2D eigenvalue weighted by Crippen LogP contribution is 2.59. The molecule has 0 aliphatic heterocycles. The summed E-state index contributed by atoms with van der Waals surface area (Å²) in [6.07, 6.45) is 3.94. The maximum Gasteiger partial charge on any atom is 0.138 e. The van der Waals surface area contributed by atoms with Gasteiger partial charge in [-0.3, -0.25) is 4.79 Å². The van der Waals surface area contributed by atoms with Gasteiger partial charge in [0.1, 0.15) is 5.78 Å². The van der Waals surface area contributed by atoms with E-state index in [4.69, 9.17) is 11.6 Å². The molecule has 4 atom stereocenters. The summed E-state index contributed by atoms with van der Waals surface area (Å²) in [5.41, 5.74) is 1.34. The number of allylic oxidation sites excluding steroid dienone is 2. The molecule has 0 aromatic rings. The first-order valence-electron chi connectivity index (χ1n) is 9.15. The zero-order chi connectivity index (χ0) is 18.3. The molecule has 0 aromatic heterocycles. The molecule has 0 saturated heterocycles. The van der Waals surface area contributed by atoms with Crippen LogP contribution in [0.15, 0.2) is 11.1 Å². The van der Waals surface area contributed by atoms with Crippen molar-refractivity contribution in [3.63, 3.8) is 0 Å². The van der Waals surface area contributed by atoms with Gasteiger partial charge in [0.05, 0.1) is 17.6 Å². The van der Waals surface area contributed by atoms with E-state index >= 15 is 0 Å². The van der Waals surface area contributed by atoms with Gasteiger partial charge < -0.3 is 10.2 Å². The zero-order valence-corrected chi connectivity index (χ0v) is 16.5. The van der Waals surface area contributed by atoms with Gasteiger partial charge in [0.2, 0.25) is 0 Å². The largest absolute Gasteiger partial charge is 0.389 e. The quantitative estimate of drug-likeness (QED) is 0.572. The van der Waals surface area contributed by atoms with E-state index in [-0.39, 0.29) is 16.7 Å². The third-order valence-corrected chi connectivity index (χ3v) is 7.28. The number of hydrogen-bond donors (Lipinski definition) is 2. The van der Waals surface area contributed by atoms with Gasteiger partial charge in [0, 0.05) is 11.8 Å². The van der Waals surface area contributed by atoms with Crippen LogP contribution in [0, 0.1) is 16.7 Å². The normalized spacial score (nSPS) is 33.8. The zero-order valence-electron chi connectivity index (χ0n) is 15.8. The first-order valence-corrected chi connectivity index (χ1v) is 9.69. The molecule has 0 aromatic carbocycles. The molecule has 138 valence electrons. The van der Waals surface area contributed by atoms with E-state index in [1.165, 1.54) is 11.1 Å². The molecule has 0 bridgehead atoms. The third-order valence-electron chi connectivity index (χ3n) is 6.99. The number of aliphatic hydroxyl groups excluding tert-OH is 1. The van der Waals surface area contributed by atoms with E-state index in [9.17, 15) is 15.0 Å². The molecule has 24 heavy (non-hydrogen) atoms. The first kappa shape index (κ1) is 19.9. The van der Waals surface area contributed by atoms with E-state index in [0.717, 1.165) is 25.7 Å². The van der Waals surface area contributed by atoms with Gasteiger partial charge >= 0.3 is 0 Å². The molecule has 0 spiro atoms. The number of halogens is 1. The molecule has 2 aliphatic carbocycles. The molecule has 3 nitrogen and oxygen atoms in total. The predicted molar refractivity (Wildman–Crippen MR) is 98.1 cm³/mol. The lowest BCUT2D eigenvalue weighted by atomic mass is 9.49. The van der Waals surface area contributed by atoms with Crippen molar-refractivity contribution in [3.8, 4) is 0 Å². The van der Waals surface area contributed by atoms with Crippen LogP contribution in [0.4, 0.5) is 0 Å². The SMILES string of the molecule is CC1=C(CC[C@](C)(O)C(O)CCl)[C@]2(C)CCC(=O)C(C)(C)[C@H]2CC1. The molecule has 2 N–H and O–H groups in total. The average molecular weight is 357 g/mol. The lowest BCUT2D eigenvalue weighted by molar-refractivity contribution is -0.139. The Hall–Kier alpha value is -0.380. The van der Waals surface area contributed by atoms with E-state index in [2.05, 4.69) is 27.7 Å². The molecular weight excluding hydrogens is 324 g/mol. The number of Topliss-reactive ketones (excluding diaryl/α,β-unsaturated/α-hetero) is 1. The maximum atomic E-state index is 12.4. The molecule has 2 rings (SSSR count). The number of hydrogen-bond acceptors (Lipinski definition) is 3. The number of aliphatic hydroxyl groups is 2. The van der Waals surface area contributed by atoms with Crippen LogP contribution in [-0.2, 0) is 4.79 Å². The van der Waals surface area contributed by atoms with Crippen LogP contribution >= 0.6 is 11.6 Å². The second-order valence-electron chi connectivity index (χ2n) is 8.94. The number of ketones is 1. The van der Waals surface area contributed by atoms with Crippen molar-refractivity contribution in [1.29, 1.82) is 0 Å². The van der Waals surface area contributed by atoms with Gasteiger partial charge in [0.25, 0.3) is 0 Å².